The quantitative estimate of drug-likeness (QED) is 0.583. The van der Waals surface area contributed by atoms with E-state index in [9.17, 15) is 9.59 Å². The number of rotatable bonds is 7. The lowest BCUT2D eigenvalue weighted by Gasteiger charge is -2.16. The minimum absolute atomic E-state index is 0.191. The Balaban J connectivity index is 1.78. The van der Waals surface area contributed by atoms with E-state index in [0.29, 0.717) is 17.8 Å². The molecule has 0 aliphatic heterocycles. The van der Waals surface area contributed by atoms with Gasteiger partial charge in [0.05, 0.1) is 0 Å². The second kappa shape index (κ2) is 8.90. The number of aromatic nitrogens is 4. The molecule has 1 atom stereocenters. The number of aromatic amines is 1. The van der Waals surface area contributed by atoms with E-state index < -0.39 is 6.04 Å². The first-order chi connectivity index (χ1) is 13.6. The van der Waals surface area contributed by atoms with Crippen LogP contribution in [0.15, 0.2) is 48.5 Å². The molecule has 0 bridgehead atoms. The van der Waals surface area contributed by atoms with Gasteiger partial charge in [0.25, 0.3) is 5.91 Å². The molecule has 0 fully saturated rings. The third kappa shape index (κ3) is 4.40. The summed E-state index contributed by atoms with van der Waals surface area (Å²) < 4.78 is 0. The van der Waals surface area contributed by atoms with Gasteiger partial charge in [0, 0.05) is 18.2 Å². The van der Waals surface area contributed by atoms with Gasteiger partial charge < -0.3 is 10.6 Å². The van der Waals surface area contributed by atoms with Crippen molar-refractivity contribution in [2.45, 2.75) is 25.8 Å². The van der Waals surface area contributed by atoms with E-state index in [-0.39, 0.29) is 11.8 Å². The molecule has 2 aromatic carbocycles. The molecule has 1 heterocycles. The second-order valence-electron chi connectivity index (χ2n) is 6.32. The molecule has 0 radical (unpaired) electrons. The molecule has 1 aromatic heterocycles. The average molecular weight is 378 g/mol. The molecule has 8 heteroatoms. The highest BCUT2D eigenvalue weighted by molar-refractivity contribution is 5.98. The number of likely N-dealkylation sites (N-methyl/N-ethyl adjacent to an activating group) is 1. The highest BCUT2D eigenvalue weighted by atomic mass is 16.2. The average Bonchev–Trinajstić information content (AvgIpc) is 3.28. The van der Waals surface area contributed by atoms with Crippen LogP contribution in [0, 0.1) is 0 Å². The van der Waals surface area contributed by atoms with Crippen molar-refractivity contribution < 1.29 is 9.59 Å². The lowest BCUT2D eigenvalue weighted by atomic mass is 10.0. The van der Waals surface area contributed by atoms with Gasteiger partial charge in [-0.1, -0.05) is 49.7 Å². The van der Waals surface area contributed by atoms with Crippen LogP contribution in [0.4, 0.5) is 0 Å². The van der Waals surface area contributed by atoms with E-state index in [0.717, 1.165) is 23.1 Å². The SMILES string of the molecule is CCC[C@H](NC(=O)c1cccc(-c2ccc(-c3nn[nH]n3)cc2)c1)C(=O)NC. The van der Waals surface area contributed by atoms with E-state index in [1.807, 2.05) is 49.4 Å². The maximum atomic E-state index is 12.6. The van der Waals surface area contributed by atoms with Gasteiger partial charge in [0.15, 0.2) is 0 Å². The number of benzene rings is 2. The second-order valence-corrected chi connectivity index (χ2v) is 6.32. The Morgan fingerprint density at radius 2 is 1.82 bits per heavy atom. The van der Waals surface area contributed by atoms with Crippen LogP contribution in [0.25, 0.3) is 22.5 Å². The molecule has 3 rings (SSSR count). The zero-order chi connectivity index (χ0) is 19.9. The third-order valence-electron chi connectivity index (χ3n) is 4.39. The van der Waals surface area contributed by atoms with Gasteiger partial charge in [-0.2, -0.15) is 5.21 Å². The van der Waals surface area contributed by atoms with Crippen LogP contribution in [0.5, 0.6) is 0 Å². The van der Waals surface area contributed by atoms with Crippen LogP contribution >= 0.6 is 0 Å². The normalized spacial score (nSPS) is 11.6. The van der Waals surface area contributed by atoms with Gasteiger partial charge in [-0.15, -0.1) is 10.2 Å². The molecular formula is C20H22N6O2. The van der Waals surface area contributed by atoms with Crippen LogP contribution in [-0.2, 0) is 4.79 Å². The summed E-state index contributed by atoms with van der Waals surface area (Å²) >= 11 is 0. The summed E-state index contributed by atoms with van der Waals surface area (Å²) in [7, 11) is 1.57. The summed E-state index contributed by atoms with van der Waals surface area (Å²) in [5.41, 5.74) is 3.21. The molecule has 2 amide bonds. The van der Waals surface area contributed by atoms with Gasteiger partial charge >= 0.3 is 0 Å². The van der Waals surface area contributed by atoms with Crippen molar-refractivity contribution in [1.29, 1.82) is 0 Å². The molecule has 0 spiro atoms. The summed E-state index contributed by atoms with van der Waals surface area (Å²) in [6, 6.07) is 14.4. The maximum absolute atomic E-state index is 12.6. The van der Waals surface area contributed by atoms with Gasteiger partial charge in [-0.25, -0.2) is 0 Å². The van der Waals surface area contributed by atoms with Crippen molar-refractivity contribution >= 4 is 11.8 Å². The molecule has 8 nitrogen and oxygen atoms in total. The van der Waals surface area contributed by atoms with E-state index in [2.05, 4.69) is 31.3 Å². The number of tetrazole rings is 1. The Hall–Kier alpha value is -3.55. The van der Waals surface area contributed by atoms with E-state index >= 15 is 0 Å². The van der Waals surface area contributed by atoms with Crippen molar-refractivity contribution in [3.8, 4) is 22.5 Å². The fraction of sp³-hybridized carbons (Fsp3) is 0.250. The fourth-order valence-corrected chi connectivity index (χ4v) is 2.91. The zero-order valence-corrected chi connectivity index (χ0v) is 15.8. The van der Waals surface area contributed by atoms with Crippen LogP contribution < -0.4 is 10.6 Å². The van der Waals surface area contributed by atoms with E-state index in [1.165, 1.54) is 0 Å². The topological polar surface area (TPSA) is 113 Å². The predicted molar refractivity (Wildman–Crippen MR) is 105 cm³/mol. The molecule has 28 heavy (non-hydrogen) atoms. The maximum Gasteiger partial charge on any atom is 0.251 e. The summed E-state index contributed by atoms with van der Waals surface area (Å²) in [5, 5.41) is 19.3. The largest absolute Gasteiger partial charge is 0.357 e. The van der Waals surface area contributed by atoms with Gasteiger partial charge in [0.1, 0.15) is 6.04 Å². The summed E-state index contributed by atoms with van der Waals surface area (Å²) in [5.74, 6) is 0.0616. The minimum atomic E-state index is -0.541. The third-order valence-corrected chi connectivity index (χ3v) is 4.39. The monoisotopic (exact) mass is 378 g/mol. The number of nitrogens with one attached hydrogen (secondary N) is 3. The van der Waals surface area contributed by atoms with Crippen LogP contribution in [0.2, 0.25) is 0 Å². The summed E-state index contributed by atoms with van der Waals surface area (Å²) in [4.78, 5) is 24.6. The first-order valence-corrected chi connectivity index (χ1v) is 9.09. The van der Waals surface area contributed by atoms with E-state index in [1.54, 1.807) is 13.1 Å². The highest BCUT2D eigenvalue weighted by Gasteiger charge is 2.19. The first-order valence-electron chi connectivity index (χ1n) is 9.09. The molecule has 0 aliphatic rings. The van der Waals surface area contributed by atoms with Gasteiger partial charge in [-0.05, 0) is 34.9 Å². The van der Waals surface area contributed by atoms with Crippen molar-refractivity contribution in [3.63, 3.8) is 0 Å². The van der Waals surface area contributed by atoms with Crippen LogP contribution in [0.3, 0.4) is 0 Å². The van der Waals surface area contributed by atoms with E-state index in [4.69, 9.17) is 0 Å². The first kappa shape index (κ1) is 19.2. The molecule has 0 unspecified atom stereocenters. The van der Waals surface area contributed by atoms with Crippen molar-refractivity contribution in [2.75, 3.05) is 7.05 Å². The predicted octanol–water partition coefficient (Wildman–Crippen LogP) is 2.18. The Labute approximate surface area is 162 Å². The smallest absolute Gasteiger partial charge is 0.251 e. The number of carbonyl (C=O) groups excluding carboxylic acids is 2. The van der Waals surface area contributed by atoms with Gasteiger partial charge in [-0.3, -0.25) is 9.59 Å². The van der Waals surface area contributed by atoms with Gasteiger partial charge in [0.2, 0.25) is 11.7 Å². The molecule has 0 saturated carbocycles. The molecule has 0 saturated heterocycles. The molecular weight excluding hydrogens is 356 g/mol. The molecule has 144 valence electrons. The highest BCUT2D eigenvalue weighted by Crippen LogP contribution is 2.23. The van der Waals surface area contributed by atoms with Crippen LogP contribution in [0.1, 0.15) is 30.1 Å². The summed E-state index contributed by atoms with van der Waals surface area (Å²) in [6.45, 7) is 1.97. The van der Waals surface area contributed by atoms with Crippen molar-refractivity contribution in [3.05, 3.63) is 54.1 Å². The lowest BCUT2D eigenvalue weighted by molar-refractivity contribution is -0.122. The molecule has 0 aliphatic carbocycles. The number of hydrogen-bond donors (Lipinski definition) is 3. The Morgan fingerprint density at radius 3 is 2.46 bits per heavy atom. The summed E-state index contributed by atoms with van der Waals surface area (Å²) in [6.07, 6.45) is 1.38. The molecule has 3 aromatic rings. The number of amides is 2. The Kier molecular flexibility index (Phi) is 6.11. The Bertz CT molecular complexity index is 938. The van der Waals surface area contributed by atoms with Crippen molar-refractivity contribution in [1.82, 2.24) is 31.3 Å². The number of carbonyl (C=O) groups is 2. The van der Waals surface area contributed by atoms with Crippen molar-refractivity contribution in [2.24, 2.45) is 0 Å². The fourth-order valence-electron chi connectivity index (χ4n) is 2.91. The number of hydrogen-bond acceptors (Lipinski definition) is 5. The minimum Gasteiger partial charge on any atom is -0.357 e. The standard InChI is InChI=1S/C20H22N6O2/c1-3-5-17(20(28)21-2)22-19(27)16-7-4-6-15(12-16)13-8-10-14(11-9-13)18-23-25-26-24-18/h4,6-12,17H,3,5H2,1-2H3,(H,21,28)(H,22,27)(H,23,24,25,26)/t17-/m0/s1. The number of nitrogens with zero attached hydrogens (tertiary/aromatic N) is 3. The lowest BCUT2D eigenvalue weighted by Crippen LogP contribution is -2.45. The Morgan fingerprint density at radius 1 is 1.07 bits per heavy atom. The van der Waals surface area contributed by atoms with Crippen LogP contribution in [-0.4, -0.2) is 45.5 Å². The molecule has 3 N–H and O–H groups in total. The number of H-pyrrole nitrogens is 1. The zero-order valence-electron chi connectivity index (χ0n) is 15.8.